The third kappa shape index (κ3) is 5.76. The third-order valence-electron chi connectivity index (χ3n) is 6.78. The van der Waals surface area contributed by atoms with Crippen LogP contribution in [-0.2, 0) is 10.2 Å². The lowest BCUT2D eigenvalue weighted by molar-refractivity contribution is 0.0512. The molecule has 2 saturated heterocycles. The van der Waals surface area contributed by atoms with E-state index in [1.54, 1.807) is 0 Å². The van der Waals surface area contributed by atoms with Gasteiger partial charge < -0.3 is 19.7 Å². The summed E-state index contributed by atoms with van der Waals surface area (Å²) in [6.07, 6.45) is 3.19. The molecule has 0 aromatic heterocycles. The summed E-state index contributed by atoms with van der Waals surface area (Å²) in [4.78, 5) is 7.03. The van der Waals surface area contributed by atoms with Crippen LogP contribution in [0.15, 0.2) is 59.6 Å². The lowest BCUT2D eigenvalue weighted by atomic mass is 9.74. The van der Waals surface area contributed by atoms with Gasteiger partial charge in [0.15, 0.2) is 5.96 Å². The minimum Gasteiger partial charge on any atom is -0.494 e. The number of nitrogens with zero attached hydrogens (tertiary/aromatic N) is 2. The lowest BCUT2D eigenvalue weighted by Gasteiger charge is -2.39. The van der Waals surface area contributed by atoms with Gasteiger partial charge in [0.25, 0.3) is 0 Å². The van der Waals surface area contributed by atoms with Crippen LogP contribution in [0.5, 0.6) is 5.75 Å². The molecule has 4 rings (SSSR count). The highest BCUT2D eigenvalue weighted by atomic mass is 127. The van der Waals surface area contributed by atoms with E-state index in [1.807, 2.05) is 14.0 Å². The second-order valence-electron chi connectivity index (χ2n) is 8.59. The molecule has 1 N–H and O–H groups in total. The molecule has 0 spiro atoms. The Morgan fingerprint density at radius 3 is 2.50 bits per heavy atom. The van der Waals surface area contributed by atoms with Gasteiger partial charge in [0.2, 0.25) is 0 Å². The quantitative estimate of drug-likeness (QED) is 0.319. The maximum atomic E-state index is 5.71. The molecule has 0 bridgehead atoms. The van der Waals surface area contributed by atoms with Crippen molar-refractivity contribution in [3.05, 3.63) is 65.7 Å². The maximum Gasteiger partial charge on any atom is 0.193 e. The van der Waals surface area contributed by atoms with Crippen molar-refractivity contribution < 1.29 is 9.47 Å². The zero-order valence-corrected chi connectivity index (χ0v) is 21.6. The highest BCUT2D eigenvalue weighted by molar-refractivity contribution is 14.0. The summed E-state index contributed by atoms with van der Waals surface area (Å²) in [5, 5.41) is 3.72. The van der Waals surface area contributed by atoms with Crippen LogP contribution in [-0.4, -0.2) is 57.4 Å². The Labute approximate surface area is 209 Å². The smallest absolute Gasteiger partial charge is 0.193 e. The van der Waals surface area contributed by atoms with E-state index in [0.717, 1.165) is 57.4 Å². The fourth-order valence-corrected chi connectivity index (χ4v) is 4.93. The molecule has 0 amide bonds. The Morgan fingerprint density at radius 1 is 1.12 bits per heavy atom. The van der Waals surface area contributed by atoms with Gasteiger partial charge in [-0.1, -0.05) is 42.5 Å². The molecule has 1 unspecified atom stereocenters. The van der Waals surface area contributed by atoms with Gasteiger partial charge in [-0.3, -0.25) is 4.99 Å². The number of hydrogen-bond acceptors (Lipinski definition) is 3. The minimum atomic E-state index is 0. The molecule has 0 radical (unpaired) electrons. The van der Waals surface area contributed by atoms with Crippen molar-refractivity contribution >= 4 is 29.9 Å². The Kier molecular flexibility index (Phi) is 9.22. The number of ether oxygens (including phenoxy) is 2. The number of benzene rings is 2. The molecule has 0 aliphatic carbocycles. The van der Waals surface area contributed by atoms with Gasteiger partial charge in [0.1, 0.15) is 5.75 Å². The number of likely N-dealkylation sites (tertiary alicyclic amines) is 1. The van der Waals surface area contributed by atoms with Crippen molar-refractivity contribution in [1.29, 1.82) is 0 Å². The number of halogens is 1. The first-order valence-corrected chi connectivity index (χ1v) is 11.6. The number of hydrogen-bond donors (Lipinski definition) is 1. The molecule has 6 heteroatoms. The van der Waals surface area contributed by atoms with Crippen LogP contribution in [0.3, 0.4) is 0 Å². The van der Waals surface area contributed by atoms with Crippen molar-refractivity contribution in [3.8, 4) is 5.75 Å². The van der Waals surface area contributed by atoms with Crippen molar-refractivity contribution in [2.75, 3.05) is 46.5 Å². The highest BCUT2D eigenvalue weighted by Gasteiger charge is 2.35. The molecule has 32 heavy (non-hydrogen) atoms. The molecule has 2 aliphatic heterocycles. The minimum absolute atomic E-state index is 0. The summed E-state index contributed by atoms with van der Waals surface area (Å²) in [6, 6.07) is 19.5. The van der Waals surface area contributed by atoms with Gasteiger partial charge in [0, 0.05) is 51.2 Å². The van der Waals surface area contributed by atoms with E-state index < -0.39 is 0 Å². The van der Waals surface area contributed by atoms with Gasteiger partial charge in [-0.25, -0.2) is 0 Å². The van der Waals surface area contributed by atoms with Crippen LogP contribution in [0.2, 0.25) is 0 Å². The summed E-state index contributed by atoms with van der Waals surface area (Å²) in [5.41, 5.74) is 2.83. The second kappa shape index (κ2) is 11.9. The van der Waals surface area contributed by atoms with Crippen molar-refractivity contribution in [1.82, 2.24) is 10.2 Å². The molecule has 2 heterocycles. The van der Waals surface area contributed by atoms with Crippen molar-refractivity contribution in [2.24, 2.45) is 4.99 Å². The predicted octanol–water partition coefficient (Wildman–Crippen LogP) is 4.82. The first-order valence-electron chi connectivity index (χ1n) is 11.6. The topological polar surface area (TPSA) is 46.1 Å². The standard InChI is InChI=1S/C26H35N3O2.HI/c1-3-31-24-11-9-23(10-12-24)26(14-17-30-18-15-26)20-28-25(27-2)29-16-13-22(19-29)21-7-5-4-6-8-21;/h4-12,22H,3,13-20H2,1-2H3,(H,27,28);1H. The van der Waals surface area contributed by atoms with E-state index in [2.05, 4.69) is 69.8 Å². The van der Waals surface area contributed by atoms with E-state index in [-0.39, 0.29) is 29.4 Å². The second-order valence-corrected chi connectivity index (χ2v) is 8.59. The van der Waals surface area contributed by atoms with Gasteiger partial charge in [0.05, 0.1) is 6.61 Å². The average molecular weight is 549 g/mol. The van der Waals surface area contributed by atoms with E-state index in [4.69, 9.17) is 9.47 Å². The Morgan fingerprint density at radius 2 is 1.84 bits per heavy atom. The number of rotatable bonds is 6. The van der Waals surface area contributed by atoms with Crippen LogP contribution in [0.25, 0.3) is 0 Å². The summed E-state index contributed by atoms with van der Waals surface area (Å²) < 4.78 is 11.4. The van der Waals surface area contributed by atoms with Crippen molar-refractivity contribution in [2.45, 2.75) is 37.5 Å². The molecule has 2 aromatic carbocycles. The third-order valence-corrected chi connectivity index (χ3v) is 6.78. The summed E-state index contributed by atoms with van der Waals surface area (Å²) >= 11 is 0. The van der Waals surface area contributed by atoms with E-state index >= 15 is 0 Å². The number of guanidine groups is 1. The predicted molar refractivity (Wildman–Crippen MR) is 141 cm³/mol. The fourth-order valence-electron chi connectivity index (χ4n) is 4.93. The maximum absolute atomic E-state index is 5.71. The largest absolute Gasteiger partial charge is 0.494 e. The Bertz CT molecular complexity index is 851. The lowest BCUT2D eigenvalue weighted by Crippen LogP contribution is -2.48. The molecule has 2 fully saturated rings. The first kappa shape index (κ1) is 24.8. The van der Waals surface area contributed by atoms with Crippen LogP contribution in [0.4, 0.5) is 0 Å². The fraction of sp³-hybridized carbons (Fsp3) is 0.500. The molecule has 0 saturated carbocycles. The van der Waals surface area contributed by atoms with Crippen LogP contribution >= 0.6 is 24.0 Å². The molecule has 2 aliphatic rings. The monoisotopic (exact) mass is 549 g/mol. The van der Waals surface area contributed by atoms with Crippen LogP contribution in [0, 0.1) is 0 Å². The normalized spacial score (nSPS) is 20.5. The zero-order valence-electron chi connectivity index (χ0n) is 19.3. The number of aliphatic imine (C=N–C) groups is 1. The summed E-state index contributed by atoms with van der Waals surface area (Å²) in [6.45, 7) is 7.23. The molecule has 2 aromatic rings. The summed E-state index contributed by atoms with van der Waals surface area (Å²) in [7, 11) is 1.89. The molecular weight excluding hydrogens is 513 g/mol. The first-order chi connectivity index (χ1) is 15.2. The van der Waals surface area contributed by atoms with Gasteiger partial charge in [-0.15, -0.1) is 24.0 Å². The van der Waals surface area contributed by atoms with E-state index in [1.165, 1.54) is 17.5 Å². The molecular formula is C26H36IN3O2. The zero-order chi connectivity index (χ0) is 21.5. The number of nitrogens with one attached hydrogen (secondary N) is 1. The van der Waals surface area contributed by atoms with E-state index in [0.29, 0.717) is 12.5 Å². The van der Waals surface area contributed by atoms with Crippen molar-refractivity contribution in [3.63, 3.8) is 0 Å². The average Bonchev–Trinajstić information content (AvgIpc) is 3.32. The van der Waals surface area contributed by atoms with E-state index in [9.17, 15) is 0 Å². The molecule has 1 atom stereocenters. The van der Waals surface area contributed by atoms with Gasteiger partial charge in [-0.2, -0.15) is 0 Å². The Hall–Kier alpha value is -1.80. The van der Waals surface area contributed by atoms with Gasteiger partial charge >= 0.3 is 0 Å². The summed E-state index contributed by atoms with van der Waals surface area (Å²) in [5.74, 6) is 2.51. The molecule has 174 valence electrons. The van der Waals surface area contributed by atoms with Crippen LogP contribution in [0.1, 0.15) is 43.2 Å². The highest BCUT2D eigenvalue weighted by Crippen LogP contribution is 2.35. The van der Waals surface area contributed by atoms with Gasteiger partial charge in [-0.05, 0) is 49.4 Å². The SMILES string of the molecule is CCOc1ccc(C2(CNC(=NC)N3CCC(c4ccccc4)C3)CCOCC2)cc1.I. The molecule has 5 nitrogen and oxygen atoms in total. The van der Waals surface area contributed by atoms with Crippen LogP contribution < -0.4 is 10.1 Å². The Balaban J connectivity index is 0.00000289.